The predicted octanol–water partition coefficient (Wildman–Crippen LogP) is 2.00. The Morgan fingerprint density at radius 2 is 2.20 bits per heavy atom. The van der Waals surface area contributed by atoms with E-state index in [9.17, 15) is 8.42 Å². The summed E-state index contributed by atoms with van der Waals surface area (Å²) < 4.78 is 26.8. The summed E-state index contributed by atoms with van der Waals surface area (Å²) in [5, 5.41) is 2.92. The van der Waals surface area contributed by atoms with Crippen molar-refractivity contribution in [1.29, 1.82) is 0 Å². The van der Waals surface area contributed by atoms with Crippen LogP contribution in [0.3, 0.4) is 0 Å². The minimum atomic E-state index is -3.59. The average Bonchev–Trinajstić information content (AvgIpc) is 2.74. The molecule has 0 spiro atoms. The van der Waals surface area contributed by atoms with Gasteiger partial charge in [-0.05, 0) is 36.8 Å². The molecule has 1 aromatic rings. The van der Waals surface area contributed by atoms with Gasteiger partial charge < -0.3 is 5.32 Å². The van der Waals surface area contributed by atoms with Crippen LogP contribution in [0, 0.1) is 0 Å². The number of hydrogen-bond donors (Lipinski definition) is 1. The number of nitrogens with zero attached hydrogens (tertiary/aromatic N) is 2. The Kier molecular flexibility index (Phi) is 4.57. The van der Waals surface area contributed by atoms with E-state index in [0.717, 1.165) is 6.42 Å². The molecular weight excluding hydrogens is 274 g/mol. The van der Waals surface area contributed by atoms with Crippen LogP contribution in [0.2, 0.25) is 0 Å². The van der Waals surface area contributed by atoms with Gasteiger partial charge in [-0.1, -0.05) is 6.92 Å². The average molecular weight is 291 g/mol. The zero-order valence-corrected chi connectivity index (χ0v) is 12.0. The highest BCUT2D eigenvalue weighted by Gasteiger charge is 2.24. The van der Waals surface area contributed by atoms with Gasteiger partial charge in [0, 0.05) is 31.3 Å². The van der Waals surface area contributed by atoms with Crippen LogP contribution in [0.15, 0.2) is 65.7 Å². The third-order valence-corrected chi connectivity index (χ3v) is 4.56. The van der Waals surface area contributed by atoms with Gasteiger partial charge in [0.15, 0.2) is 0 Å². The van der Waals surface area contributed by atoms with Crippen LogP contribution in [0.1, 0.15) is 13.3 Å². The molecule has 6 heteroatoms. The summed E-state index contributed by atoms with van der Waals surface area (Å²) >= 11 is 0. The standard InChI is InChI=1S/C14H17N3O2S/c1-2-11-17(13-5-3-8-15-10-7-13)20(18,19)14-6-4-9-16-12-14/h3-10,12,15H,2,11H2,1H3. The van der Waals surface area contributed by atoms with E-state index in [4.69, 9.17) is 0 Å². The number of rotatable bonds is 5. The summed E-state index contributed by atoms with van der Waals surface area (Å²) in [6.07, 6.45) is 12.4. The molecule has 0 amide bonds. The monoisotopic (exact) mass is 291 g/mol. The third-order valence-electron chi connectivity index (χ3n) is 2.75. The Bertz CT molecular complexity index is 634. The molecule has 0 saturated heterocycles. The van der Waals surface area contributed by atoms with Crippen LogP contribution in [0.5, 0.6) is 0 Å². The number of sulfonamides is 1. The summed E-state index contributed by atoms with van der Waals surface area (Å²) in [6, 6.07) is 3.18. The number of pyridine rings is 1. The van der Waals surface area contributed by atoms with Gasteiger partial charge in [-0.3, -0.25) is 9.29 Å². The lowest BCUT2D eigenvalue weighted by atomic mass is 10.3. The van der Waals surface area contributed by atoms with Gasteiger partial charge >= 0.3 is 0 Å². The van der Waals surface area contributed by atoms with Crippen molar-refractivity contribution in [2.45, 2.75) is 18.2 Å². The maximum atomic E-state index is 12.7. The maximum absolute atomic E-state index is 12.7. The number of nitrogens with one attached hydrogen (secondary N) is 1. The van der Waals surface area contributed by atoms with Crippen LogP contribution in [0.25, 0.3) is 0 Å². The van der Waals surface area contributed by atoms with Crippen molar-refractivity contribution in [2.24, 2.45) is 0 Å². The molecular formula is C14H17N3O2S. The van der Waals surface area contributed by atoms with Crippen molar-refractivity contribution in [1.82, 2.24) is 14.6 Å². The van der Waals surface area contributed by atoms with Gasteiger partial charge in [-0.15, -0.1) is 0 Å². The van der Waals surface area contributed by atoms with E-state index in [-0.39, 0.29) is 4.90 Å². The van der Waals surface area contributed by atoms with Gasteiger partial charge in [-0.2, -0.15) is 0 Å². The van der Waals surface area contributed by atoms with Crippen molar-refractivity contribution in [3.8, 4) is 0 Å². The van der Waals surface area contributed by atoms with E-state index in [1.807, 2.05) is 6.92 Å². The molecule has 0 atom stereocenters. The summed E-state index contributed by atoms with van der Waals surface area (Å²) in [5.74, 6) is 0. The summed E-state index contributed by atoms with van der Waals surface area (Å²) in [4.78, 5) is 4.09. The molecule has 1 N–H and O–H groups in total. The van der Waals surface area contributed by atoms with Crippen LogP contribution in [-0.2, 0) is 10.0 Å². The van der Waals surface area contributed by atoms with E-state index in [0.29, 0.717) is 12.2 Å². The third kappa shape index (κ3) is 3.08. The second-order valence-corrected chi connectivity index (χ2v) is 6.08. The van der Waals surface area contributed by atoms with E-state index >= 15 is 0 Å². The molecule has 2 heterocycles. The Balaban J connectivity index is 2.43. The highest BCUT2D eigenvalue weighted by atomic mass is 32.2. The Hall–Kier alpha value is -2.08. The molecule has 5 nitrogen and oxygen atoms in total. The second kappa shape index (κ2) is 6.38. The van der Waals surface area contributed by atoms with Gasteiger partial charge in [0.1, 0.15) is 4.90 Å². The van der Waals surface area contributed by atoms with E-state index in [1.165, 1.54) is 10.5 Å². The van der Waals surface area contributed by atoms with Crippen LogP contribution in [0.4, 0.5) is 0 Å². The van der Waals surface area contributed by atoms with Crippen molar-refractivity contribution < 1.29 is 8.42 Å². The molecule has 20 heavy (non-hydrogen) atoms. The zero-order chi connectivity index (χ0) is 14.4. The minimum absolute atomic E-state index is 0.198. The molecule has 1 aliphatic heterocycles. The molecule has 0 bridgehead atoms. The molecule has 1 aromatic heterocycles. The first-order valence-electron chi connectivity index (χ1n) is 6.38. The fourth-order valence-electron chi connectivity index (χ4n) is 1.83. The molecule has 2 rings (SSSR count). The summed E-state index contributed by atoms with van der Waals surface area (Å²) in [5.41, 5.74) is 0.622. The SMILES string of the molecule is CCCN(C1=CC=CNC=C1)S(=O)(=O)c1cccnc1. The number of aromatic nitrogens is 1. The summed E-state index contributed by atoms with van der Waals surface area (Å²) in [7, 11) is -3.59. The lowest BCUT2D eigenvalue weighted by Crippen LogP contribution is -2.30. The minimum Gasteiger partial charge on any atom is -0.368 e. The first-order chi connectivity index (χ1) is 9.66. The fourth-order valence-corrected chi connectivity index (χ4v) is 3.35. The van der Waals surface area contributed by atoms with E-state index in [1.54, 1.807) is 49.0 Å². The Morgan fingerprint density at radius 3 is 2.90 bits per heavy atom. The quantitative estimate of drug-likeness (QED) is 0.901. The second-order valence-electron chi connectivity index (χ2n) is 4.22. The van der Waals surface area contributed by atoms with Crippen molar-refractivity contribution in [3.63, 3.8) is 0 Å². The normalized spacial score (nSPS) is 14.3. The lowest BCUT2D eigenvalue weighted by molar-refractivity contribution is 0.481. The largest absolute Gasteiger partial charge is 0.368 e. The molecule has 106 valence electrons. The van der Waals surface area contributed by atoms with Crippen molar-refractivity contribution >= 4 is 10.0 Å². The van der Waals surface area contributed by atoms with Crippen LogP contribution < -0.4 is 5.32 Å². The molecule has 0 unspecified atom stereocenters. The van der Waals surface area contributed by atoms with Gasteiger partial charge in [0.2, 0.25) is 0 Å². The van der Waals surface area contributed by atoms with Gasteiger partial charge in [0.25, 0.3) is 10.0 Å². The van der Waals surface area contributed by atoms with Gasteiger partial charge in [-0.25, -0.2) is 8.42 Å². The molecule has 0 saturated carbocycles. The molecule has 0 aromatic carbocycles. The zero-order valence-electron chi connectivity index (χ0n) is 11.2. The van der Waals surface area contributed by atoms with Crippen LogP contribution in [-0.4, -0.2) is 24.3 Å². The highest BCUT2D eigenvalue weighted by molar-refractivity contribution is 7.89. The fraction of sp³-hybridized carbons (Fsp3) is 0.214. The van der Waals surface area contributed by atoms with Gasteiger partial charge in [0.05, 0.1) is 5.70 Å². The first-order valence-corrected chi connectivity index (χ1v) is 7.82. The molecule has 0 aliphatic carbocycles. The molecule has 0 fully saturated rings. The molecule has 1 aliphatic rings. The maximum Gasteiger partial charge on any atom is 0.265 e. The van der Waals surface area contributed by atoms with Crippen molar-refractivity contribution in [2.75, 3.05) is 6.54 Å². The Morgan fingerprint density at radius 1 is 1.35 bits per heavy atom. The highest BCUT2D eigenvalue weighted by Crippen LogP contribution is 2.21. The lowest BCUT2D eigenvalue weighted by Gasteiger charge is -2.24. The predicted molar refractivity (Wildman–Crippen MR) is 77.9 cm³/mol. The smallest absolute Gasteiger partial charge is 0.265 e. The topological polar surface area (TPSA) is 62.3 Å². The summed E-state index contributed by atoms with van der Waals surface area (Å²) in [6.45, 7) is 2.36. The Labute approximate surface area is 119 Å². The van der Waals surface area contributed by atoms with E-state index < -0.39 is 10.0 Å². The van der Waals surface area contributed by atoms with Crippen LogP contribution >= 0.6 is 0 Å². The van der Waals surface area contributed by atoms with Crippen molar-refractivity contribution in [3.05, 3.63) is 60.9 Å². The number of allylic oxidation sites excluding steroid dienone is 3. The molecule has 0 radical (unpaired) electrons. The first kappa shape index (κ1) is 14.3. The number of hydrogen-bond acceptors (Lipinski definition) is 4. The van der Waals surface area contributed by atoms with E-state index in [2.05, 4.69) is 10.3 Å².